The molecule has 0 radical (unpaired) electrons. The Morgan fingerprint density at radius 3 is 2.08 bits per heavy atom. The van der Waals surface area contributed by atoms with Gasteiger partial charge < -0.3 is 11.1 Å². The number of amides is 2. The van der Waals surface area contributed by atoms with Crippen molar-refractivity contribution in [3.8, 4) is 0 Å². The molecule has 1 atom stereocenters. The van der Waals surface area contributed by atoms with E-state index < -0.39 is 23.7 Å². The molecule has 132 valence electrons. The van der Waals surface area contributed by atoms with E-state index in [4.69, 9.17) is 5.73 Å². The van der Waals surface area contributed by atoms with Crippen LogP contribution < -0.4 is 11.1 Å². The number of carbonyl (C=O) groups is 2. The molecule has 0 saturated heterocycles. The number of rotatable bonds is 5. The van der Waals surface area contributed by atoms with E-state index in [1.807, 2.05) is 24.3 Å². The molecule has 0 saturated carbocycles. The number of nitrogens with one attached hydrogen (secondary N) is 1. The van der Waals surface area contributed by atoms with Gasteiger partial charge in [0.15, 0.2) is 0 Å². The number of benzene rings is 2. The fourth-order valence-electron chi connectivity index (χ4n) is 2.44. The smallest absolute Gasteiger partial charge is 0.251 e. The van der Waals surface area contributed by atoms with Gasteiger partial charge in [0.1, 0.15) is 11.9 Å². The molecular formula is C20H23FN2O2. The third-order valence-corrected chi connectivity index (χ3v) is 4.01. The van der Waals surface area contributed by atoms with E-state index in [1.54, 1.807) is 0 Å². The van der Waals surface area contributed by atoms with Crippen LogP contribution in [0.1, 0.15) is 42.3 Å². The van der Waals surface area contributed by atoms with Crippen molar-refractivity contribution in [2.45, 2.75) is 38.6 Å². The van der Waals surface area contributed by atoms with Crippen molar-refractivity contribution < 1.29 is 14.0 Å². The lowest BCUT2D eigenvalue weighted by atomic mass is 9.86. The Labute approximate surface area is 147 Å². The summed E-state index contributed by atoms with van der Waals surface area (Å²) in [6.45, 7) is 6.37. The minimum absolute atomic E-state index is 0.0401. The van der Waals surface area contributed by atoms with Crippen molar-refractivity contribution >= 4 is 11.8 Å². The van der Waals surface area contributed by atoms with Crippen LogP contribution in [0.5, 0.6) is 0 Å². The Hall–Kier alpha value is -2.69. The molecule has 5 heteroatoms. The second-order valence-corrected chi connectivity index (χ2v) is 7.09. The average molecular weight is 342 g/mol. The van der Waals surface area contributed by atoms with Crippen LogP contribution in [0, 0.1) is 5.82 Å². The van der Waals surface area contributed by atoms with Crippen molar-refractivity contribution in [2.24, 2.45) is 5.73 Å². The molecule has 0 fully saturated rings. The Balaban J connectivity index is 2.09. The van der Waals surface area contributed by atoms with Crippen molar-refractivity contribution in [3.63, 3.8) is 0 Å². The van der Waals surface area contributed by atoms with Crippen LogP contribution in [0.2, 0.25) is 0 Å². The van der Waals surface area contributed by atoms with Gasteiger partial charge in [0.25, 0.3) is 5.91 Å². The zero-order valence-corrected chi connectivity index (χ0v) is 14.7. The summed E-state index contributed by atoms with van der Waals surface area (Å²) < 4.78 is 12.9. The summed E-state index contributed by atoms with van der Waals surface area (Å²) in [6.07, 6.45) is 0.298. The lowest BCUT2D eigenvalue weighted by Gasteiger charge is -2.20. The third-order valence-electron chi connectivity index (χ3n) is 4.01. The molecule has 4 nitrogen and oxygen atoms in total. The van der Waals surface area contributed by atoms with Gasteiger partial charge in [-0.3, -0.25) is 9.59 Å². The predicted octanol–water partition coefficient (Wildman–Crippen LogP) is 2.95. The van der Waals surface area contributed by atoms with E-state index >= 15 is 0 Å². The van der Waals surface area contributed by atoms with E-state index in [2.05, 4.69) is 26.1 Å². The molecule has 0 heterocycles. The Bertz CT molecular complexity index is 747. The molecule has 0 aliphatic rings. The second-order valence-electron chi connectivity index (χ2n) is 7.09. The van der Waals surface area contributed by atoms with Crippen molar-refractivity contribution in [3.05, 3.63) is 71.0 Å². The van der Waals surface area contributed by atoms with Crippen LogP contribution >= 0.6 is 0 Å². The molecule has 2 aromatic carbocycles. The van der Waals surface area contributed by atoms with E-state index in [0.717, 1.165) is 5.56 Å². The first-order chi connectivity index (χ1) is 11.7. The maximum atomic E-state index is 12.9. The van der Waals surface area contributed by atoms with Crippen LogP contribution in [0.3, 0.4) is 0 Å². The van der Waals surface area contributed by atoms with Crippen LogP contribution in [-0.4, -0.2) is 17.9 Å². The first-order valence-electron chi connectivity index (χ1n) is 8.12. The number of nitrogens with two attached hydrogens (primary N) is 1. The third kappa shape index (κ3) is 5.14. The molecule has 0 bridgehead atoms. The Kier molecular flexibility index (Phi) is 5.57. The fraction of sp³-hybridized carbons (Fsp3) is 0.300. The monoisotopic (exact) mass is 342 g/mol. The number of carbonyl (C=O) groups excluding carboxylic acids is 2. The molecule has 25 heavy (non-hydrogen) atoms. The lowest BCUT2D eigenvalue weighted by molar-refractivity contribution is -0.119. The highest BCUT2D eigenvalue weighted by atomic mass is 19.1. The molecule has 2 rings (SSSR count). The zero-order chi connectivity index (χ0) is 18.6. The molecule has 2 amide bonds. The number of hydrogen-bond donors (Lipinski definition) is 2. The molecule has 0 aliphatic carbocycles. The fourth-order valence-corrected chi connectivity index (χ4v) is 2.44. The van der Waals surface area contributed by atoms with Crippen molar-refractivity contribution in [2.75, 3.05) is 0 Å². The molecule has 3 N–H and O–H groups in total. The molecule has 0 aromatic heterocycles. The first kappa shape index (κ1) is 18.6. The Morgan fingerprint density at radius 2 is 1.60 bits per heavy atom. The SMILES string of the molecule is CC(C)(C)c1ccc(C[C@H](NC(=O)c2ccc(F)cc2)C(N)=O)cc1. The van der Waals surface area contributed by atoms with Gasteiger partial charge in [-0.2, -0.15) is 0 Å². The molecular weight excluding hydrogens is 319 g/mol. The average Bonchev–Trinajstić information content (AvgIpc) is 2.54. The van der Waals surface area contributed by atoms with Crippen LogP contribution in [0.25, 0.3) is 0 Å². The number of hydrogen-bond acceptors (Lipinski definition) is 2. The first-order valence-corrected chi connectivity index (χ1v) is 8.12. The number of halogens is 1. The van der Waals surface area contributed by atoms with Crippen LogP contribution in [-0.2, 0) is 16.6 Å². The van der Waals surface area contributed by atoms with Gasteiger partial charge in [0.2, 0.25) is 5.91 Å². The summed E-state index contributed by atoms with van der Waals surface area (Å²) in [4.78, 5) is 23.9. The summed E-state index contributed by atoms with van der Waals surface area (Å²) in [5, 5.41) is 2.61. The van der Waals surface area contributed by atoms with E-state index in [-0.39, 0.29) is 11.0 Å². The van der Waals surface area contributed by atoms with Gasteiger partial charge in [-0.25, -0.2) is 4.39 Å². The minimum Gasteiger partial charge on any atom is -0.368 e. The highest BCUT2D eigenvalue weighted by Gasteiger charge is 2.20. The maximum absolute atomic E-state index is 12.9. The summed E-state index contributed by atoms with van der Waals surface area (Å²) in [5.74, 6) is -1.51. The zero-order valence-electron chi connectivity index (χ0n) is 14.7. The Morgan fingerprint density at radius 1 is 1.04 bits per heavy atom. The van der Waals surface area contributed by atoms with Gasteiger partial charge in [-0.15, -0.1) is 0 Å². The van der Waals surface area contributed by atoms with Gasteiger partial charge in [-0.1, -0.05) is 45.0 Å². The highest BCUT2D eigenvalue weighted by Crippen LogP contribution is 2.22. The summed E-state index contributed by atoms with van der Waals surface area (Å²) in [7, 11) is 0. The van der Waals surface area contributed by atoms with E-state index in [1.165, 1.54) is 29.8 Å². The quantitative estimate of drug-likeness (QED) is 0.877. The topological polar surface area (TPSA) is 72.2 Å². The standard InChI is InChI=1S/C20H23FN2O2/c1-20(2,3)15-8-4-13(5-9-15)12-17(18(22)24)23-19(25)14-6-10-16(21)11-7-14/h4-11,17H,12H2,1-3H3,(H2,22,24)(H,23,25)/t17-/m0/s1. The largest absolute Gasteiger partial charge is 0.368 e. The van der Waals surface area contributed by atoms with E-state index in [0.29, 0.717) is 6.42 Å². The highest BCUT2D eigenvalue weighted by molar-refractivity contribution is 5.97. The molecule has 2 aromatic rings. The summed E-state index contributed by atoms with van der Waals surface area (Å²) in [5.41, 5.74) is 7.82. The van der Waals surface area contributed by atoms with Crippen LogP contribution in [0.4, 0.5) is 4.39 Å². The van der Waals surface area contributed by atoms with Gasteiger partial charge in [0.05, 0.1) is 0 Å². The summed E-state index contributed by atoms with van der Waals surface area (Å²) >= 11 is 0. The molecule has 0 aliphatic heterocycles. The minimum atomic E-state index is -0.835. The van der Waals surface area contributed by atoms with Gasteiger partial charge in [-0.05, 0) is 40.8 Å². The van der Waals surface area contributed by atoms with Crippen molar-refractivity contribution in [1.29, 1.82) is 0 Å². The molecule has 0 unspecified atom stereocenters. The summed E-state index contributed by atoms with van der Waals surface area (Å²) in [6, 6.07) is 12.2. The lowest BCUT2D eigenvalue weighted by Crippen LogP contribution is -2.45. The maximum Gasteiger partial charge on any atom is 0.251 e. The van der Waals surface area contributed by atoms with Gasteiger partial charge >= 0.3 is 0 Å². The van der Waals surface area contributed by atoms with Gasteiger partial charge in [0, 0.05) is 12.0 Å². The number of primary amides is 1. The molecule has 0 spiro atoms. The van der Waals surface area contributed by atoms with Crippen LogP contribution in [0.15, 0.2) is 48.5 Å². The van der Waals surface area contributed by atoms with E-state index in [9.17, 15) is 14.0 Å². The predicted molar refractivity (Wildman–Crippen MR) is 95.7 cm³/mol. The normalized spacial score (nSPS) is 12.5. The second kappa shape index (κ2) is 7.47. The van der Waals surface area contributed by atoms with Crippen molar-refractivity contribution in [1.82, 2.24) is 5.32 Å².